The Bertz CT molecular complexity index is 257. The van der Waals surface area contributed by atoms with Gasteiger partial charge in [-0.25, -0.2) is 9.59 Å². The lowest BCUT2D eigenvalue weighted by Gasteiger charge is -2.09. The van der Waals surface area contributed by atoms with Gasteiger partial charge < -0.3 is 14.2 Å². The van der Waals surface area contributed by atoms with Crippen LogP contribution in [0.2, 0.25) is 0 Å². The summed E-state index contributed by atoms with van der Waals surface area (Å²) in [6, 6.07) is 0. The van der Waals surface area contributed by atoms with Crippen molar-refractivity contribution in [3.05, 3.63) is 24.8 Å². The Labute approximate surface area is 95.7 Å². The molecule has 5 nitrogen and oxygen atoms in total. The van der Waals surface area contributed by atoms with E-state index in [0.29, 0.717) is 5.57 Å². The highest BCUT2D eigenvalue weighted by Gasteiger charge is 2.13. The summed E-state index contributed by atoms with van der Waals surface area (Å²) in [6.45, 7) is 8.39. The van der Waals surface area contributed by atoms with Gasteiger partial charge in [0.25, 0.3) is 0 Å². The summed E-state index contributed by atoms with van der Waals surface area (Å²) in [5, 5.41) is 0. The topological polar surface area (TPSA) is 61.8 Å². The van der Waals surface area contributed by atoms with Crippen molar-refractivity contribution in [2.24, 2.45) is 0 Å². The number of esters is 2. The number of ether oxygens (including phenoxy) is 3. The molecule has 0 aromatic rings. The molecule has 0 rings (SSSR count). The lowest BCUT2D eigenvalue weighted by Crippen LogP contribution is -2.16. The Hall–Kier alpha value is -1.62. The second-order valence-electron chi connectivity index (χ2n) is 2.62. The normalized spacial score (nSPS) is 10.2. The highest BCUT2D eigenvalue weighted by Crippen LogP contribution is 2.03. The molecule has 0 fully saturated rings. The van der Waals surface area contributed by atoms with Gasteiger partial charge in [-0.1, -0.05) is 13.2 Å². The van der Waals surface area contributed by atoms with Gasteiger partial charge in [-0.2, -0.15) is 0 Å². The van der Waals surface area contributed by atoms with Crippen molar-refractivity contribution in [2.45, 2.75) is 13.0 Å². The second kappa shape index (κ2) is 9.92. The van der Waals surface area contributed by atoms with Crippen LogP contribution >= 0.6 is 0 Å². The van der Waals surface area contributed by atoms with Crippen molar-refractivity contribution in [1.29, 1.82) is 0 Å². The first-order valence-corrected chi connectivity index (χ1v) is 4.44. The molecule has 0 N–H and O–H groups in total. The van der Waals surface area contributed by atoms with Crippen LogP contribution < -0.4 is 0 Å². The van der Waals surface area contributed by atoms with E-state index in [1.54, 1.807) is 6.92 Å². The lowest BCUT2D eigenvalue weighted by atomic mass is 10.2. The lowest BCUT2D eigenvalue weighted by molar-refractivity contribution is -0.137. The summed E-state index contributed by atoms with van der Waals surface area (Å²) in [7, 11) is 4.14. The monoisotopic (exact) mass is 230 g/mol. The smallest absolute Gasteiger partial charge is 0.335 e. The van der Waals surface area contributed by atoms with Gasteiger partial charge in [0.05, 0.1) is 25.9 Å². The van der Waals surface area contributed by atoms with Crippen molar-refractivity contribution in [1.82, 2.24) is 0 Å². The number of methoxy groups -OCH3 is 3. The molecule has 0 radical (unpaired) electrons. The fourth-order valence-corrected chi connectivity index (χ4v) is 0.523. The first kappa shape index (κ1) is 16.8. The Morgan fingerprint density at radius 2 is 1.69 bits per heavy atom. The van der Waals surface area contributed by atoms with Crippen LogP contribution in [-0.4, -0.2) is 39.4 Å². The minimum atomic E-state index is -0.422. The third-order valence-corrected chi connectivity index (χ3v) is 1.66. The van der Waals surface area contributed by atoms with Gasteiger partial charge in [0.2, 0.25) is 0 Å². The second-order valence-corrected chi connectivity index (χ2v) is 2.62. The van der Waals surface area contributed by atoms with Gasteiger partial charge in [0.1, 0.15) is 0 Å². The summed E-state index contributed by atoms with van der Waals surface area (Å²) in [4.78, 5) is 20.6. The minimum absolute atomic E-state index is 0.271. The maximum Gasteiger partial charge on any atom is 0.335 e. The quantitative estimate of drug-likeness (QED) is 0.534. The predicted molar refractivity (Wildman–Crippen MR) is 59.8 cm³/mol. The van der Waals surface area contributed by atoms with E-state index in [9.17, 15) is 9.59 Å². The van der Waals surface area contributed by atoms with Crippen LogP contribution in [0.3, 0.4) is 0 Å². The summed E-state index contributed by atoms with van der Waals surface area (Å²) in [6.07, 6.45) is 0.840. The molecule has 0 aromatic heterocycles. The van der Waals surface area contributed by atoms with E-state index in [0.717, 1.165) is 6.08 Å². The molecule has 92 valence electrons. The molecule has 0 amide bonds. The molecular weight excluding hydrogens is 212 g/mol. The van der Waals surface area contributed by atoms with E-state index >= 15 is 0 Å². The Morgan fingerprint density at radius 1 is 1.19 bits per heavy atom. The highest BCUT2D eigenvalue weighted by atomic mass is 16.5. The molecule has 0 aliphatic rings. The first-order valence-electron chi connectivity index (χ1n) is 4.44. The van der Waals surface area contributed by atoms with E-state index in [1.165, 1.54) is 21.3 Å². The van der Waals surface area contributed by atoms with Gasteiger partial charge in [-0.3, -0.25) is 0 Å². The predicted octanol–water partition coefficient (Wildman–Crippen LogP) is 1.10. The van der Waals surface area contributed by atoms with Crippen LogP contribution in [0.4, 0.5) is 0 Å². The summed E-state index contributed by atoms with van der Waals surface area (Å²) >= 11 is 0. The van der Waals surface area contributed by atoms with Crippen LogP contribution in [0.15, 0.2) is 24.8 Å². The molecule has 0 aliphatic carbocycles. The number of hydrogen-bond donors (Lipinski definition) is 0. The zero-order valence-electron chi connectivity index (χ0n) is 10.1. The molecule has 1 unspecified atom stereocenters. The molecule has 0 heterocycles. The fourth-order valence-electron chi connectivity index (χ4n) is 0.523. The van der Waals surface area contributed by atoms with Crippen molar-refractivity contribution < 1.29 is 23.8 Å². The van der Waals surface area contributed by atoms with Crippen LogP contribution in [-0.2, 0) is 23.8 Å². The largest absolute Gasteiger partial charge is 0.466 e. The van der Waals surface area contributed by atoms with E-state index in [2.05, 4.69) is 22.6 Å². The summed E-state index contributed by atoms with van der Waals surface area (Å²) < 4.78 is 13.4. The first-order chi connectivity index (χ1) is 7.44. The standard InChI is InChI=1S/C7H12O3.C4H6O2/c1-5(6(2)9-3)7(8)10-4;1-3-4(5)6-2/h6H,1H2,2-4H3;3H,1H2,2H3. The molecule has 0 aliphatic heterocycles. The molecule has 0 saturated carbocycles. The fraction of sp³-hybridized carbons (Fsp3) is 0.455. The molecule has 1 atom stereocenters. The average Bonchev–Trinajstić information content (AvgIpc) is 2.35. The van der Waals surface area contributed by atoms with Crippen LogP contribution in [0.5, 0.6) is 0 Å². The summed E-state index contributed by atoms with van der Waals surface area (Å²) in [5.41, 5.74) is 0.338. The van der Waals surface area contributed by atoms with Gasteiger partial charge in [0.15, 0.2) is 0 Å². The van der Waals surface area contributed by atoms with Crippen LogP contribution in [0, 0.1) is 0 Å². The Morgan fingerprint density at radius 3 is 1.88 bits per heavy atom. The van der Waals surface area contributed by atoms with Gasteiger partial charge in [-0.05, 0) is 6.92 Å². The summed E-state index contributed by atoms with van der Waals surface area (Å²) in [5.74, 6) is -0.815. The zero-order chi connectivity index (χ0) is 13.1. The van der Waals surface area contributed by atoms with Crippen LogP contribution in [0.25, 0.3) is 0 Å². The van der Waals surface area contributed by atoms with E-state index in [-0.39, 0.29) is 6.10 Å². The number of carbonyl (C=O) groups is 2. The van der Waals surface area contributed by atoms with Gasteiger partial charge in [-0.15, -0.1) is 0 Å². The number of rotatable bonds is 4. The highest BCUT2D eigenvalue weighted by molar-refractivity contribution is 5.88. The van der Waals surface area contributed by atoms with Gasteiger partial charge >= 0.3 is 11.9 Å². The van der Waals surface area contributed by atoms with E-state index < -0.39 is 11.9 Å². The zero-order valence-corrected chi connectivity index (χ0v) is 10.1. The average molecular weight is 230 g/mol. The number of hydrogen-bond acceptors (Lipinski definition) is 5. The number of carbonyl (C=O) groups excluding carboxylic acids is 2. The van der Waals surface area contributed by atoms with Crippen LogP contribution in [0.1, 0.15) is 6.92 Å². The van der Waals surface area contributed by atoms with E-state index in [1.807, 2.05) is 0 Å². The van der Waals surface area contributed by atoms with Crippen molar-refractivity contribution in [3.63, 3.8) is 0 Å². The Kier molecular flexibility index (Phi) is 10.4. The third-order valence-electron chi connectivity index (χ3n) is 1.66. The van der Waals surface area contributed by atoms with Gasteiger partial charge in [0, 0.05) is 13.2 Å². The molecular formula is C11H18O5. The molecule has 0 spiro atoms. The maximum atomic E-state index is 10.7. The van der Waals surface area contributed by atoms with Crippen molar-refractivity contribution in [3.8, 4) is 0 Å². The molecule has 16 heavy (non-hydrogen) atoms. The third kappa shape index (κ3) is 7.75. The molecule has 5 heteroatoms. The molecule has 0 bridgehead atoms. The molecule has 0 aromatic carbocycles. The minimum Gasteiger partial charge on any atom is -0.466 e. The maximum absolute atomic E-state index is 10.7. The SMILES string of the molecule is C=C(C(=O)OC)C(C)OC.C=CC(=O)OC. The Balaban J connectivity index is 0. The molecule has 0 saturated heterocycles. The van der Waals surface area contributed by atoms with Crippen molar-refractivity contribution in [2.75, 3.05) is 21.3 Å². The van der Waals surface area contributed by atoms with E-state index in [4.69, 9.17) is 4.74 Å². The van der Waals surface area contributed by atoms with Crippen molar-refractivity contribution >= 4 is 11.9 Å².